The number of hydrogen-bond donors (Lipinski definition) is 1. The second kappa shape index (κ2) is 5.35. The van der Waals surface area contributed by atoms with E-state index in [0.717, 1.165) is 19.5 Å². The molecule has 1 saturated heterocycles. The molecule has 0 spiro atoms. The van der Waals surface area contributed by atoms with Crippen LogP contribution < -0.4 is 5.73 Å². The maximum Gasteiger partial charge on any atom is 0.256 e. The van der Waals surface area contributed by atoms with Crippen LogP contribution in [0, 0.1) is 5.82 Å². The van der Waals surface area contributed by atoms with Gasteiger partial charge in [0, 0.05) is 19.6 Å². The number of halogens is 1. The van der Waals surface area contributed by atoms with Crippen molar-refractivity contribution >= 4 is 11.6 Å². The Bertz CT molecular complexity index is 450. The van der Waals surface area contributed by atoms with Crippen LogP contribution in [0.25, 0.3) is 0 Å². The van der Waals surface area contributed by atoms with Crippen molar-refractivity contribution in [2.75, 3.05) is 39.0 Å². The lowest BCUT2D eigenvalue weighted by Gasteiger charge is -2.21. The summed E-state index contributed by atoms with van der Waals surface area (Å²) in [5.41, 5.74) is 5.83. The average molecular weight is 251 g/mol. The molecule has 0 aliphatic carbocycles. The summed E-state index contributed by atoms with van der Waals surface area (Å²) in [4.78, 5) is 16.2. The van der Waals surface area contributed by atoms with Gasteiger partial charge < -0.3 is 15.5 Å². The predicted molar refractivity (Wildman–Crippen MR) is 68.8 cm³/mol. The van der Waals surface area contributed by atoms with Gasteiger partial charge in [0.25, 0.3) is 5.91 Å². The summed E-state index contributed by atoms with van der Waals surface area (Å²) in [6, 6.07) is 4.36. The average Bonchev–Trinajstić information content (AvgIpc) is 2.57. The van der Waals surface area contributed by atoms with Gasteiger partial charge in [0.1, 0.15) is 5.82 Å². The third kappa shape index (κ3) is 2.61. The summed E-state index contributed by atoms with van der Waals surface area (Å²) in [7, 11) is 2.03. The molecular weight excluding hydrogens is 233 g/mol. The zero-order chi connectivity index (χ0) is 13.1. The smallest absolute Gasteiger partial charge is 0.256 e. The Labute approximate surface area is 106 Å². The van der Waals surface area contributed by atoms with Crippen LogP contribution in [-0.4, -0.2) is 48.9 Å². The van der Waals surface area contributed by atoms with Gasteiger partial charge in [-0.15, -0.1) is 0 Å². The lowest BCUT2D eigenvalue weighted by atomic mass is 10.1. The Morgan fingerprint density at radius 2 is 2.06 bits per heavy atom. The fraction of sp³-hybridized carbons (Fsp3) is 0.462. The second-order valence-electron chi connectivity index (χ2n) is 4.65. The number of nitrogens with zero attached hydrogens (tertiary/aromatic N) is 2. The number of benzene rings is 1. The van der Waals surface area contributed by atoms with Crippen LogP contribution in [0.15, 0.2) is 18.2 Å². The van der Waals surface area contributed by atoms with Crippen molar-refractivity contribution in [3.63, 3.8) is 0 Å². The van der Waals surface area contributed by atoms with Crippen molar-refractivity contribution in [1.29, 1.82) is 0 Å². The first kappa shape index (κ1) is 12.8. The molecule has 0 radical (unpaired) electrons. The lowest BCUT2D eigenvalue weighted by molar-refractivity contribution is 0.0763. The molecule has 0 saturated carbocycles. The molecule has 2 rings (SSSR count). The summed E-state index contributed by atoms with van der Waals surface area (Å²) >= 11 is 0. The minimum absolute atomic E-state index is 0.0555. The van der Waals surface area contributed by atoms with Gasteiger partial charge in [-0.25, -0.2) is 4.39 Å². The molecule has 4 nitrogen and oxygen atoms in total. The summed E-state index contributed by atoms with van der Waals surface area (Å²) in [6.45, 7) is 3.16. The molecule has 0 bridgehead atoms. The summed E-state index contributed by atoms with van der Waals surface area (Å²) in [5, 5.41) is 0. The summed E-state index contributed by atoms with van der Waals surface area (Å²) in [6.07, 6.45) is 0.928. The highest BCUT2D eigenvalue weighted by Gasteiger charge is 2.21. The highest BCUT2D eigenvalue weighted by Crippen LogP contribution is 2.18. The van der Waals surface area contributed by atoms with Crippen LogP contribution >= 0.6 is 0 Å². The van der Waals surface area contributed by atoms with Gasteiger partial charge >= 0.3 is 0 Å². The first-order chi connectivity index (χ1) is 8.59. The van der Waals surface area contributed by atoms with Gasteiger partial charge in [0.2, 0.25) is 0 Å². The van der Waals surface area contributed by atoms with Crippen LogP contribution in [0.2, 0.25) is 0 Å². The molecule has 1 aliphatic heterocycles. The van der Waals surface area contributed by atoms with Gasteiger partial charge in [-0.2, -0.15) is 0 Å². The number of likely N-dealkylation sites (N-methyl/N-ethyl adjacent to an activating group) is 1. The van der Waals surface area contributed by atoms with Crippen molar-refractivity contribution in [3.05, 3.63) is 29.6 Å². The fourth-order valence-electron chi connectivity index (χ4n) is 2.14. The van der Waals surface area contributed by atoms with E-state index in [2.05, 4.69) is 4.90 Å². The highest BCUT2D eigenvalue weighted by atomic mass is 19.1. The van der Waals surface area contributed by atoms with E-state index in [1.165, 1.54) is 12.1 Å². The van der Waals surface area contributed by atoms with E-state index in [-0.39, 0.29) is 17.2 Å². The molecule has 1 fully saturated rings. The van der Waals surface area contributed by atoms with E-state index in [4.69, 9.17) is 5.73 Å². The van der Waals surface area contributed by atoms with Crippen molar-refractivity contribution in [1.82, 2.24) is 9.80 Å². The molecule has 18 heavy (non-hydrogen) atoms. The van der Waals surface area contributed by atoms with Gasteiger partial charge in [0.05, 0.1) is 11.3 Å². The fourth-order valence-corrected chi connectivity index (χ4v) is 2.14. The maximum absolute atomic E-state index is 13.3. The molecule has 1 aliphatic rings. The third-order valence-corrected chi connectivity index (χ3v) is 3.29. The number of carbonyl (C=O) groups excluding carboxylic acids is 1. The number of hydrogen-bond acceptors (Lipinski definition) is 3. The van der Waals surface area contributed by atoms with Gasteiger partial charge in [-0.3, -0.25) is 4.79 Å². The molecule has 0 unspecified atom stereocenters. The normalized spacial score (nSPS) is 17.6. The number of nitrogen functional groups attached to an aromatic ring is 1. The van der Waals surface area contributed by atoms with Crippen LogP contribution in [0.5, 0.6) is 0 Å². The maximum atomic E-state index is 13.3. The highest BCUT2D eigenvalue weighted by molar-refractivity contribution is 5.99. The van der Waals surface area contributed by atoms with Crippen molar-refractivity contribution < 1.29 is 9.18 Å². The van der Waals surface area contributed by atoms with E-state index < -0.39 is 5.82 Å². The topological polar surface area (TPSA) is 49.6 Å². The molecule has 0 atom stereocenters. The number of nitrogens with two attached hydrogens (primary N) is 1. The van der Waals surface area contributed by atoms with E-state index in [1.54, 1.807) is 11.0 Å². The van der Waals surface area contributed by atoms with Crippen molar-refractivity contribution in [2.45, 2.75) is 6.42 Å². The predicted octanol–water partition coefficient (Wildman–Crippen LogP) is 1.19. The first-order valence-electron chi connectivity index (χ1n) is 6.11. The Morgan fingerprint density at radius 3 is 2.83 bits per heavy atom. The quantitative estimate of drug-likeness (QED) is 0.763. The summed E-state index contributed by atoms with van der Waals surface area (Å²) in [5.74, 6) is -0.713. The SMILES string of the molecule is CN1CCCN(C(=O)c2cccc(F)c2N)CC1. The zero-order valence-corrected chi connectivity index (χ0v) is 10.5. The van der Waals surface area contributed by atoms with Crippen LogP contribution in [0.4, 0.5) is 10.1 Å². The largest absolute Gasteiger partial charge is 0.396 e. The van der Waals surface area contributed by atoms with Crippen molar-refractivity contribution in [3.8, 4) is 0 Å². The lowest BCUT2D eigenvalue weighted by Crippen LogP contribution is -2.35. The Kier molecular flexibility index (Phi) is 3.81. The van der Waals surface area contributed by atoms with Crippen LogP contribution in [0.1, 0.15) is 16.8 Å². The summed E-state index contributed by atoms with van der Waals surface area (Å²) < 4.78 is 13.3. The number of para-hydroxylation sites is 1. The number of carbonyl (C=O) groups is 1. The monoisotopic (exact) mass is 251 g/mol. The molecule has 0 aromatic heterocycles. The molecule has 5 heteroatoms. The molecule has 1 aromatic carbocycles. The van der Waals surface area contributed by atoms with Gasteiger partial charge in [-0.1, -0.05) is 6.07 Å². The Morgan fingerprint density at radius 1 is 1.28 bits per heavy atom. The Balaban J connectivity index is 2.18. The zero-order valence-electron chi connectivity index (χ0n) is 10.5. The van der Waals surface area contributed by atoms with E-state index in [1.807, 2.05) is 7.05 Å². The molecular formula is C13H18FN3O. The number of anilines is 1. The van der Waals surface area contributed by atoms with E-state index >= 15 is 0 Å². The minimum Gasteiger partial charge on any atom is -0.396 e. The molecule has 1 aromatic rings. The minimum atomic E-state index is -0.534. The van der Waals surface area contributed by atoms with E-state index in [9.17, 15) is 9.18 Å². The molecule has 1 amide bonds. The van der Waals surface area contributed by atoms with Crippen molar-refractivity contribution in [2.24, 2.45) is 0 Å². The van der Waals surface area contributed by atoms with Gasteiger partial charge in [-0.05, 0) is 32.1 Å². The molecule has 1 heterocycles. The van der Waals surface area contributed by atoms with E-state index in [0.29, 0.717) is 13.1 Å². The van der Waals surface area contributed by atoms with Gasteiger partial charge in [0.15, 0.2) is 0 Å². The third-order valence-electron chi connectivity index (χ3n) is 3.29. The standard InChI is InChI=1S/C13H18FN3O/c1-16-6-3-7-17(9-8-16)13(18)10-4-2-5-11(14)12(10)15/h2,4-5H,3,6-9,15H2,1H3. The molecule has 98 valence electrons. The first-order valence-corrected chi connectivity index (χ1v) is 6.11. The van der Waals surface area contributed by atoms with Crippen LogP contribution in [-0.2, 0) is 0 Å². The van der Waals surface area contributed by atoms with Crippen LogP contribution in [0.3, 0.4) is 0 Å². The number of rotatable bonds is 1. The number of amides is 1. The Hall–Kier alpha value is -1.62. The second-order valence-corrected chi connectivity index (χ2v) is 4.65. The molecule has 2 N–H and O–H groups in total.